The first-order valence-corrected chi connectivity index (χ1v) is 3.54. The van der Waals surface area contributed by atoms with Gasteiger partial charge in [-0.05, 0) is 6.07 Å². The number of benzene rings is 1. The predicted octanol–water partition coefficient (Wildman–Crippen LogP) is 1.40. The summed E-state index contributed by atoms with van der Waals surface area (Å²) in [5.74, 6) is 5.50. The van der Waals surface area contributed by atoms with Gasteiger partial charge in [-0.2, -0.15) is 9.89 Å². The van der Waals surface area contributed by atoms with E-state index in [9.17, 15) is 0 Å². The maximum atomic E-state index is 5.86. The zero-order valence-corrected chi connectivity index (χ0v) is 6.42. The Bertz CT molecular complexity index is 393. The third-order valence-electron chi connectivity index (χ3n) is 1.57. The largest absolute Gasteiger partial charge is 0.323 e. The van der Waals surface area contributed by atoms with E-state index < -0.39 is 0 Å². The summed E-state index contributed by atoms with van der Waals surface area (Å²) < 4.78 is 0. The van der Waals surface area contributed by atoms with E-state index in [1.165, 1.54) is 4.79 Å². The third kappa shape index (κ3) is 0.851. The van der Waals surface area contributed by atoms with E-state index >= 15 is 0 Å². The molecule has 0 aliphatic rings. The van der Waals surface area contributed by atoms with Gasteiger partial charge in [0, 0.05) is 5.39 Å². The zero-order chi connectivity index (χ0) is 7.84. The van der Waals surface area contributed by atoms with Gasteiger partial charge in [-0.15, -0.1) is 0 Å². The van der Waals surface area contributed by atoms with Gasteiger partial charge >= 0.3 is 0 Å². The van der Waals surface area contributed by atoms with Crippen molar-refractivity contribution < 1.29 is 0 Å². The number of rotatable bonds is 0. The fourth-order valence-corrected chi connectivity index (χ4v) is 1.33. The first-order valence-electron chi connectivity index (χ1n) is 3.16. The normalized spacial score (nSPS) is 10.6. The highest BCUT2D eigenvalue weighted by Crippen LogP contribution is 2.20. The second-order valence-corrected chi connectivity index (χ2v) is 2.67. The highest BCUT2D eigenvalue weighted by atomic mass is 35.5. The minimum absolute atomic E-state index is 0.627. The van der Waals surface area contributed by atoms with Gasteiger partial charge < -0.3 is 5.84 Å². The van der Waals surface area contributed by atoms with Gasteiger partial charge in [0.25, 0.3) is 0 Å². The highest BCUT2D eigenvalue weighted by molar-refractivity contribution is 6.35. The highest BCUT2D eigenvalue weighted by Gasteiger charge is 2.02. The molecule has 0 unspecified atom stereocenters. The van der Waals surface area contributed by atoms with Crippen LogP contribution >= 0.6 is 11.6 Å². The monoisotopic (exact) mass is 167 g/mol. The molecular weight excluding hydrogens is 162 g/mol. The minimum Gasteiger partial charge on any atom is -0.323 e. The Kier molecular flexibility index (Phi) is 1.26. The molecule has 2 aromatic rings. The summed E-state index contributed by atoms with van der Waals surface area (Å²) in [4.78, 5) is 1.28. The van der Waals surface area contributed by atoms with E-state index in [2.05, 4.69) is 5.10 Å². The van der Waals surface area contributed by atoms with Crippen molar-refractivity contribution >= 4 is 22.5 Å². The van der Waals surface area contributed by atoms with Crippen LogP contribution in [0.25, 0.3) is 10.9 Å². The van der Waals surface area contributed by atoms with Crippen LogP contribution in [0, 0.1) is 0 Å². The van der Waals surface area contributed by atoms with Crippen molar-refractivity contribution in [3.05, 3.63) is 29.4 Å². The van der Waals surface area contributed by atoms with E-state index in [4.69, 9.17) is 17.4 Å². The lowest BCUT2D eigenvalue weighted by Crippen LogP contribution is -2.09. The Balaban J connectivity index is 2.96. The SMILES string of the molecule is Nn1ncc2cccc(Cl)c21. The molecule has 0 amide bonds. The molecular formula is C7H6ClN3. The lowest BCUT2D eigenvalue weighted by atomic mass is 10.3. The average Bonchev–Trinajstić information content (AvgIpc) is 2.34. The lowest BCUT2D eigenvalue weighted by molar-refractivity contribution is 0.863. The molecule has 11 heavy (non-hydrogen) atoms. The fraction of sp³-hybridized carbons (Fsp3) is 0. The summed E-state index contributed by atoms with van der Waals surface area (Å²) in [5.41, 5.74) is 0.772. The number of para-hydroxylation sites is 1. The molecule has 0 fully saturated rings. The number of fused-ring (bicyclic) bond motifs is 1. The number of nitrogens with two attached hydrogens (primary N) is 1. The molecule has 0 bridgehead atoms. The maximum absolute atomic E-state index is 5.86. The Morgan fingerprint density at radius 2 is 2.27 bits per heavy atom. The summed E-state index contributed by atoms with van der Waals surface area (Å²) in [7, 11) is 0. The fourth-order valence-electron chi connectivity index (χ4n) is 1.06. The Morgan fingerprint density at radius 3 is 3.00 bits per heavy atom. The Labute approximate surface area is 68.3 Å². The van der Waals surface area contributed by atoms with Crippen LogP contribution < -0.4 is 5.84 Å². The van der Waals surface area contributed by atoms with Crippen LogP contribution in [0.15, 0.2) is 24.4 Å². The molecule has 2 rings (SSSR count). The van der Waals surface area contributed by atoms with Gasteiger partial charge in [0.2, 0.25) is 0 Å². The van der Waals surface area contributed by atoms with E-state index in [1.807, 2.05) is 12.1 Å². The average molecular weight is 168 g/mol. The molecule has 1 aromatic heterocycles. The molecule has 3 nitrogen and oxygen atoms in total. The molecule has 0 aliphatic heterocycles. The van der Waals surface area contributed by atoms with Gasteiger partial charge in [-0.3, -0.25) is 0 Å². The van der Waals surface area contributed by atoms with Crippen molar-refractivity contribution in [3.63, 3.8) is 0 Å². The molecule has 56 valence electrons. The van der Waals surface area contributed by atoms with Gasteiger partial charge in [0.15, 0.2) is 0 Å². The lowest BCUT2D eigenvalue weighted by Gasteiger charge is -1.94. The number of hydrogen-bond acceptors (Lipinski definition) is 2. The molecule has 0 atom stereocenters. The van der Waals surface area contributed by atoms with Crippen LogP contribution in [0.1, 0.15) is 0 Å². The molecule has 1 aromatic carbocycles. The summed E-state index contributed by atoms with van der Waals surface area (Å²) in [5, 5.41) is 5.45. The van der Waals surface area contributed by atoms with Gasteiger partial charge in [0.1, 0.15) is 5.52 Å². The minimum atomic E-state index is 0.627. The quantitative estimate of drug-likeness (QED) is 0.603. The van der Waals surface area contributed by atoms with Crippen LogP contribution in [0.4, 0.5) is 0 Å². The summed E-state index contributed by atoms with van der Waals surface area (Å²) >= 11 is 5.86. The van der Waals surface area contributed by atoms with E-state index in [-0.39, 0.29) is 0 Å². The number of aromatic nitrogens is 2. The van der Waals surface area contributed by atoms with Crippen LogP contribution in [0.3, 0.4) is 0 Å². The van der Waals surface area contributed by atoms with E-state index in [1.54, 1.807) is 12.3 Å². The zero-order valence-electron chi connectivity index (χ0n) is 5.66. The standard InChI is InChI=1S/C7H6ClN3/c8-6-3-1-2-5-4-10-11(9)7(5)6/h1-4H,9H2. The maximum Gasteiger partial charge on any atom is 0.110 e. The molecule has 0 radical (unpaired) electrons. The molecule has 1 heterocycles. The second kappa shape index (κ2) is 2.13. The van der Waals surface area contributed by atoms with Crippen molar-refractivity contribution in [1.82, 2.24) is 9.89 Å². The smallest absolute Gasteiger partial charge is 0.110 e. The van der Waals surface area contributed by atoms with Crippen LogP contribution in [0.5, 0.6) is 0 Å². The third-order valence-corrected chi connectivity index (χ3v) is 1.87. The molecule has 4 heteroatoms. The van der Waals surface area contributed by atoms with Gasteiger partial charge in [-0.1, -0.05) is 23.7 Å². The molecule has 0 aliphatic carbocycles. The number of nitrogen functional groups attached to an aromatic ring is 1. The molecule has 0 saturated heterocycles. The summed E-state index contributed by atoms with van der Waals surface area (Å²) in [6.07, 6.45) is 1.68. The van der Waals surface area contributed by atoms with Crippen molar-refractivity contribution in [2.75, 3.05) is 5.84 Å². The summed E-state index contributed by atoms with van der Waals surface area (Å²) in [6, 6.07) is 5.57. The Hall–Kier alpha value is -1.22. The predicted molar refractivity (Wildman–Crippen MR) is 44.9 cm³/mol. The van der Waals surface area contributed by atoms with Crippen molar-refractivity contribution in [2.24, 2.45) is 0 Å². The van der Waals surface area contributed by atoms with Crippen LogP contribution in [0.2, 0.25) is 5.02 Å². The first kappa shape index (κ1) is 6.49. The van der Waals surface area contributed by atoms with Crippen LogP contribution in [-0.4, -0.2) is 9.89 Å². The first-order chi connectivity index (χ1) is 5.29. The summed E-state index contributed by atoms with van der Waals surface area (Å²) in [6.45, 7) is 0. The van der Waals surface area contributed by atoms with E-state index in [0.717, 1.165) is 10.9 Å². The van der Waals surface area contributed by atoms with Crippen molar-refractivity contribution in [2.45, 2.75) is 0 Å². The molecule has 2 N–H and O–H groups in total. The van der Waals surface area contributed by atoms with Gasteiger partial charge in [-0.25, -0.2) is 0 Å². The number of nitrogens with zero attached hydrogens (tertiary/aromatic N) is 2. The number of halogens is 1. The van der Waals surface area contributed by atoms with E-state index in [0.29, 0.717) is 5.02 Å². The number of hydrogen-bond donors (Lipinski definition) is 1. The van der Waals surface area contributed by atoms with Crippen molar-refractivity contribution in [3.8, 4) is 0 Å². The van der Waals surface area contributed by atoms with Crippen LogP contribution in [-0.2, 0) is 0 Å². The molecule has 0 saturated carbocycles. The van der Waals surface area contributed by atoms with Gasteiger partial charge in [0.05, 0.1) is 11.2 Å². The topological polar surface area (TPSA) is 43.8 Å². The molecule has 0 spiro atoms. The van der Waals surface area contributed by atoms with Crippen molar-refractivity contribution in [1.29, 1.82) is 0 Å². The Morgan fingerprint density at radius 1 is 1.45 bits per heavy atom. The second-order valence-electron chi connectivity index (χ2n) is 2.27.